The van der Waals surface area contributed by atoms with Crippen LogP contribution in [0.4, 0.5) is 5.82 Å². The molecule has 2 aliphatic heterocycles. The number of likely N-dealkylation sites (tertiary alicyclic amines) is 2. The van der Waals surface area contributed by atoms with E-state index in [0.29, 0.717) is 13.1 Å². The number of nitrogens with zero attached hydrogens (tertiary/aromatic N) is 4. The van der Waals surface area contributed by atoms with Crippen LogP contribution in [0.5, 0.6) is 0 Å². The highest BCUT2D eigenvalue weighted by atomic mass is 16.2. The average molecular weight is 436 g/mol. The Labute approximate surface area is 189 Å². The maximum Gasteiger partial charge on any atom is 0.253 e. The van der Waals surface area contributed by atoms with Crippen molar-refractivity contribution in [3.05, 3.63) is 47.7 Å². The molecule has 32 heavy (non-hydrogen) atoms. The van der Waals surface area contributed by atoms with E-state index in [9.17, 15) is 9.59 Å². The van der Waals surface area contributed by atoms with E-state index in [-0.39, 0.29) is 23.8 Å². The summed E-state index contributed by atoms with van der Waals surface area (Å²) in [4.78, 5) is 29.6. The highest BCUT2D eigenvalue weighted by Crippen LogP contribution is 2.31. The van der Waals surface area contributed by atoms with Crippen molar-refractivity contribution in [2.75, 3.05) is 31.5 Å². The van der Waals surface area contributed by atoms with E-state index in [0.717, 1.165) is 43.6 Å². The van der Waals surface area contributed by atoms with Gasteiger partial charge in [0, 0.05) is 37.2 Å². The van der Waals surface area contributed by atoms with Crippen LogP contribution in [-0.4, -0.2) is 57.6 Å². The van der Waals surface area contributed by atoms with Crippen molar-refractivity contribution in [2.45, 2.75) is 57.5 Å². The van der Waals surface area contributed by atoms with Crippen LogP contribution in [0.2, 0.25) is 0 Å². The van der Waals surface area contributed by atoms with E-state index >= 15 is 0 Å². The monoisotopic (exact) mass is 435 g/mol. The number of piperidine rings is 2. The molecule has 2 amide bonds. The maximum atomic E-state index is 13.0. The first-order chi connectivity index (χ1) is 15.7. The van der Waals surface area contributed by atoms with Crippen molar-refractivity contribution in [1.29, 1.82) is 0 Å². The molecule has 7 heteroatoms. The van der Waals surface area contributed by atoms with Gasteiger partial charge in [0.25, 0.3) is 5.91 Å². The summed E-state index contributed by atoms with van der Waals surface area (Å²) in [6, 6.07) is 10.2. The van der Waals surface area contributed by atoms with Crippen molar-refractivity contribution < 1.29 is 9.59 Å². The largest absolute Gasteiger partial charge is 0.338 e. The molecule has 2 aromatic rings. The van der Waals surface area contributed by atoms with E-state index < -0.39 is 0 Å². The van der Waals surface area contributed by atoms with Gasteiger partial charge in [-0.2, -0.15) is 5.10 Å². The van der Waals surface area contributed by atoms with Gasteiger partial charge in [0.15, 0.2) is 0 Å². The predicted molar refractivity (Wildman–Crippen MR) is 123 cm³/mol. The lowest BCUT2D eigenvalue weighted by molar-refractivity contribution is -0.117. The molecule has 170 valence electrons. The molecule has 0 atom stereocenters. The minimum absolute atomic E-state index is 0.100. The first-order valence-electron chi connectivity index (χ1n) is 12.1. The average Bonchev–Trinajstić information content (AvgIpc) is 3.59. The van der Waals surface area contributed by atoms with Crippen LogP contribution in [0.15, 0.2) is 36.5 Å². The Morgan fingerprint density at radius 1 is 0.906 bits per heavy atom. The lowest BCUT2D eigenvalue weighted by Crippen LogP contribution is -2.39. The molecular formula is C25H33N5O2. The van der Waals surface area contributed by atoms with Crippen LogP contribution >= 0.6 is 0 Å². The third kappa shape index (κ3) is 4.88. The smallest absolute Gasteiger partial charge is 0.253 e. The zero-order valence-corrected chi connectivity index (χ0v) is 18.7. The molecule has 1 aromatic heterocycles. The summed E-state index contributed by atoms with van der Waals surface area (Å²) in [7, 11) is 0. The van der Waals surface area contributed by atoms with Gasteiger partial charge in [-0.3, -0.25) is 14.5 Å². The van der Waals surface area contributed by atoms with Gasteiger partial charge < -0.3 is 10.2 Å². The van der Waals surface area contributed by atoms with E-state index in [2.05, 4.69) is 27.4 Å². The van der Waals surface area contributed by atoms with Gasteiger partial charge in [-0.15, -0.1) is 0 Å². The third-order valence-electron chi connectivity index (χ3n) is 7.02. The Hall–Kier alpha value is -2.67. The number of nitrogens with one attached hydrogen (secondary N) is 1. The Bertz CT molecular complexity index is 935. The lowest BCUT2D eigenvalue weighted by Gasteiger charge is -2.33. The van der Waals surface area contributed by atoms with Crippen molar-refractivity contribution >= 4 is 17.6 Å². The second-order valence-corrected chi connectivity index (χ2v) is 9.48. The molecule has 1 aliphatic carbocycles. The van der Waals surface area contributed by atoms with E-state index in [1.54, 1.807) is 6.20 Å². The second-order valence-electron chi connectivity index (χ2n) is 9.48. The number of hydrogen-bond acceptors (Lipinski definition) is 4. The lowest BCUT2D eigenvalue weighted by atomic mass is 10.0. The summed E-state index contributed by atoms with van der Waals surface area (Å²) < 4.78 is 1.93. The molecule has 1 aromatic carbocycles. The van der Waals surface area contributed by atoms with Crippen molar-refractivity contribution in [2.24, 2.45) is 5.92 Å². The Kier molecular flexibility index (Phi) is 6.26. The maximum absolute atomic E-state index is 13.0. The van der Waals surface area contributed by atoms with Crippen molar-refractivity contribution in [1.82, 2.24) is 19.6 Å². The van der Waals surface area contributed by atoms with E-state index in [1.807, 2.05) is 27.8 Å². The van der Waals surface area contributed by atoms with Gasteiger partial charge in [0.2, 0.25) is 5.91 Å². The van der Waals surface area contributed by atoms with Crippen molar-refractivity contribution in [3.63, 3.8) is 0 Å². The van der Waals surface area contributed by atoms with Gasteiger partial charge in [-0.05, 0) is 69.3 Å². The van der Waals surface area contributed by atoms with Crippen LogP contribution in [0.25, 0.3) is 0 Å². The van der Waals surface area contributed by atoms with Gasteiger partial charge in [-0.1, -0.05) is 18.6 Å². The fraction of sp³-hybridized carbons (Fsp3) is 0.560. The van der Waals surface area contributed by atoms with Gasteiger partial charge in [0.05, 0.1) is 12.2 Å². The first-order valence-corrected chi connectivity index (χ1v) is 12.1. The fourth-order valence-electron chi connectivity index (χ4n) is 4.90. The number of hydrogen-bond donors (Lipinski definition) is 1. The van der Waals surface area contributed by atoms with Crippen LogP contribution in [0.1, 0.15) is 66.9 Å². The molecule has 3 heterocycles. The quantitative estimate of drug-likeness (QED) is 0.751. The Balaban J connectivity index is 1.14. The topological polar surface area (TPSA) is 70.5 Å². The minimum atomic E-state index is 0.100. The molecule has 3 fully saturated rings. The molecule has 3 aliphatic rings. The van der Waals surface area contributed by atoms with Crippen LogP contribution in [-0.2, 0) is 11.3 Å². The fourth-order valence-corrected chi connectivity index (χ4v) is 4.90. The zero-order valence-electron chi connectivity index (χ0n) is 18.7. The number of amides is 2. The summed E-state index contributed by atoms with van der Waals surface area (Å²) in [6.07, 6.45) is 9.32. The van der Waals surface area contributed by atoms with E-state index in [1.165, 1.54) is 37.9 Å². The standard InChI is InChI=1S/C25H33N5O2/c31-24(20-8-9-20)27-23-10-13-26-30(23)22-11-16-29(17-12-22)25(32)21-6-4-19(5-7-21)18-28-14-2-1-3-15-28/h4-7,10,13,20,22H,1-3,8-9,11-12,14-18H2,(H,27,31). The number of carbonyl (C=O) groups is 2. The normalized spacial score (nSPS) is 20.3. The minimum Gasteiger partial charge on any atom is -0.338 e. The van der Waals surface area contributed by atoms with Gasteiger partial charge >= 0.3 is 0 Å². The summed E-state index contributed by atoms with van der Waals surface area (Å²) in [5, 5.41) is 7.47. The highest BCUT2D eigenvalue weighted by molar-refractivity contribution is 5.94. The number of anilines is 1. The molecule has 0 bridgehead atoms. The van der Waals surface area contributed by atoms with Gasteiger partial charge in [-0.25, -0.2) is 4.68 Å². The zero-order chi connectivity index (χ0) is 21.9. The number of benzene rings is 1. The Morgan fingerprint density at radius 2 is 1.62 bits per heavy atom. The first kappa shape index (κ1) is 21.2. The molecular weight excluding hydrogens is 402 g/mol. The van der Waals surface area contributed by atoms with Crippen molar-refractivity contribution in [3.8, 4) is 0 Å². The number of carbonyl (C=O) groups excluding carboxylic acids is 2. The van der Waals surface area contributed by atoms with Gasteiger partial charge in [0.1, 0.15) is 5.82 Å². The molecule has 1 N–H and O–H groups in total. The predicted octanol–water partition coefficient (Wildman–Crippen LogP) is 3.69. The van der Waals surface area contributed by atoms with Crippen LogP contribution < -0.4 is 5.32 Å². The SMILES string of the molecule is O=C(Nc1ccnn1C1CCN(C(=O)c2ccc(CN3CCCCC3)cc2)CC1)C1CC1. The summed E-state index contributed by atoms with van der Waals surface area (Å²) >= 11 is 0. The highest BCUT2D eigenvalue weighted by Gasteiger charge is 2.31. The van der Waals surface area contributed by atoms with E-state index in [4.69, 9.17) is 0 Å². The number of aromatic nitrogens is 2. The molecule has 2 saturated heterocycles. The Morgan fingerprint density at radius 3 is 2.31 bits per heavy atom. The third-order valence-corrected chi connectivity index (χ3v) is 7.02. The molecule has 0 radical (unpaired) electrons. The second kappa shape index (κ2) is 9.45. The van der Waals surface area contributed by atoms with Crippen LogP contribution in [0.3, 0.4) is 0 Å². The molecule has 0 spiro atoms. The molecule has 7 nitrogen and oxygen atoms in total. The molecule has 5 rings (SSSR count). The molecule has 0 unspecified atom stereocenters. The molecule has 1 saturated carbocycles. The summed E-state index contributed by atoms with van der Waals surface area (Å²) in [5.41, 5.74) is 2.05. The van der Waals surface area contributed by atoms with Crippen LogP contribution in [0, 0.1) is 5.92 Å². The number of rotatable bonds is 6. The summed E-state index contributed by atoms with van der Waals surface area (Å²) in [6.45, 7) is 4.74. The summed E-state index contributed by atoms with van der Waals surface area (Å²) in [5.74, 6) is 1.15.